The van der Waals surface area contributed by atoms with E-state index in [1.807, 2.05) is 0 Å². The van der Waals surface area contributed by atoms with Gasteiger partial charge in [-0.15, -0.1) is 0 Å². The summed E-state index contributed by atoms with van der Waals surface area (Å²) in [7, 11) is 0. The Balaban J connectivity index is 2.35. The average molecular weight is 254 g/mol. The van der Waals surface area contributed by atoms with Crippen LogP contribution in [0, 0.1) is 5.82 Å². The van der Waals surface area contributed by atoms with Gasteiger partial charge in [-0.05, 0) is 6.07 Å². The Morgan fingerprint density at radius 3 is 2.88 bits per heavy atom. The van der Waals surface area contributed by atoms with Gasteiger partial charge in [0, 0.05) is 17.8 Å². The van der Waals surface area contributed by atoms with Crippen LogP contribution in [-0.2, 0) is 6.61 Å². The van der Waals surface area contributed by atoms with Gasteiger partial charge in [0.25, 0.3) is 0 Å². The first-order chi connectivity index (χ1) is 8.20. The predicted molar refractivity (Wildman–Crippen MR) is 61.6 cm³/mol. The first-order valence-corrected chi connectivity index (χ1v) is 5.25. The molecule has 0 unspecified atom stereocenters. The Morgan fingerprint density at radius 1 is 1.35 bits per heavy atom. The summed E-state index contributed by atoms with van der Waals surface area (Å²) in [4.78, 5) is 3.82. The van der Waals surface area contributed by atoms with Gasteiger partial charge in [-0.25, -0.2) is 4.39 Å². The number of aliphatic hydroxyl groups is 1. The Hall–Kier alpha value is -1.65. The molecule has 1 N–H and O–H groups in total. The third kappa shape index (κ3) is 2.72. The number of aliphatic hydroxyl groups excluding tert-OH is 1. The van der Waals surface area contributed by atoms with E-state index in [1.54, 1.807) is 6.07 Å². The summed E-state index contributed by atoms with van der Waals surface area (Å²) in [6, 6.07) is 5.86. The van der Waals surface area contributed by atoms with Crippen molar-refractivity contribution >= 4 is 11.6 Å². The van der Waals surface area contributed by atoms with Crippen molar-refractivity contribution in [1.82, 2.24) is 4.98 Å². The molecule has 1 heterocycles. The van der Waals surface area contributed by atoms with Crippen molar-refractivity contribution in [1.29, 1.82) is 0 Å². The van der Waals surface area contributed by atoms with E-state index < -0.39 is 5.82 Å². The van der Waals surface area contributed by atoms with Gasteiger partial charge in [-0.2, -0.15) is 0 Å². The first kappa shape index (κ1) is 11.8. The molecule has 0 atom stereocenters. The zero-order valence-electron chi connectivity index (χ0n) is 8.73. The molecule has 0 amide bonds. The lowest BCUT2D eigenvalue weighted by molar-refractivity contribution is 0.274. The van der Waals surface area contributed by atoms with E-state index in [2.05, 4.69) is 4.98 Å². The molecule has 2 aromatic rings. The number of para-hydroxylation sites is 1. The molecule has 1 aromatic heterocycles. The highest BCUT2D eigenvalue weighted by Crippen LogP contribution is 2.29. The first-order valence-electron chi connectivity index (χ1n) is 4.87. The van der Waals surface area contributed by atoms with Crippen LogP contribution in [0.25, 0.3) is 0 Å². The van der Waals surface area contributed by atoms with Gasteiger partial charge in [0.15, 0.2) is 11.6 Å². The fourth-order valence-corrected chi connectivity index (χ4v) is 1.52. The molecule has 0 fully saturated rings. The van der Waals surface area contributed by atoms with Crippen LogP contribution in [0.1, 0.15) is 5.56 Å². The van der Waals surface area contributed by atoms with E-state index in [4.69, 9.17) is 21.4 Å². The number of aromatic nitrogens is 1. The molecule has 0 aliphatic heterocycles. The summed E-state index contributed by atoms with van der Waals surface area (Å²) >= 11 is 5.74. The van der Waals surface area contributed by atoms with Crippen LogP contribution in [0.2, 0.25) is 5.02 Å². The number of ether oxygens (including phenoxy) is 1. The van der Waals surface area contributed by atoms with Crippen molar-refractivity contribution in [2.45, 2.75) is 6.61 Å². The van der Waals surface area contributed by atoms with E-state index in [0.29, 0.717) is 16.3 Å². The molecule has 3 nitrogen and oxygen atoms in total. The summed E-state index contributed by atoms with van der Waals surface area (Å²) in [5, 5.41) is 9.48. The third-order valence-corrected chi connectivity index (χ3v) is 2.33. The Bertz CT molecular complexity index is 534. The Labute approximate surface area is 102 Å². The van der Waals surface area contributed by atoms with Crippen molar-refractivity contribution in [2.24, 2.45) is 0 Å². The molecule has 0 bridgehead atoms. The molecule has 2 rings (SSSR count). The zero-order chi connectivity index (χ0) is 12.3. The normalized spacial score (nSPS) is 10.3. The number of benzene rings is 1. The van der Waals surface area contributed by atoms with Gasteiger partial charge in [0.05, 0.1) is 17.8 Å². The lowest BCUT2D eigenvalue weighted by Crippen LogP contribution is -1.95. The zero-order valence-corrected chi connectivity index (χ0v) is 9.49. The molecule has 1 aromatic carbocycles. The molecule has 5 heteroatoms. The number of hydrogen-bond donors (Lipinski definition) is 1. The van der Waals surface area contributed by atoms with Crippen LogP contribution in [0.3, 0.4) is 0 Å². The molecular formula is C12H9ClFNO2. The highest BCUT2D eigenvalue weighted by Gasteiger charge is 2.10. The van der Waals surface area contributed by atoms with Crippen molar-refractivity contribution in [3.8, 4) is 11.5 Å². The molecule has 0 aliphatic rings. The van der Waals surface area contributed by atoms with Crippen LogP contribution in [-0.4, -0.2) is 10.1 Å². The second-order valence-corrected chi connectivity index (χ2v) is 3.76. The van der Waals surface area contributed by atoms with Crippen molar-refractivity contribution in [2.75, 3.05) is 0 Å². The maximum atomic E-state index is 13.5. The van der Waals surface area contributed by atoms with Gasteiger partial charge < -0.3 is 9.84 Å². The summed E-state index contributed by atoms with van der Waals surface area (Å²) in [5.41, 5.74) is 0.366. The van der Waals surface area contributed by atoms with E-state index in [-0.39, 0.29) is 12.4 Å². The van der Waals surface area contributed by atoms with Crippen molar-refractivity contribution < 1.29 is 14.2 Å². The van der Waals surface area contributed by atoms with E-state index in [1.165, 1.54) is 30.6 Å². The lowest BCUT2D eigenvalue weighted by atomic mass is 10.2. The molecule has 17 heavy (non-hydrogen) atoms. The van der Waals surface area contributed by atoms with Gasteiger partial charge in [-0.1, -0.05) is 23.7 Å². The maximum Gasteiger partial charge on any atom is 0.168 e. The van der Waals surface area contributed by atoms with E-state index >= 15 is 0 Å². The number of pyridine rings is 1. The minimum absolute atomic E-state index is 0.0148. The fourth-order valence-electron chi connectivity index (χ4n) is 1.36. The molecular weight excluding hydrogens is 245 g/mol. The minimum Gasteiger partial charge on any atom is -0.452 e. The standard InChI is InChI=1S/C12H9ClFNO2/c13-9-4-10(6-15-5-9)17-12-8(7-16)2-1-3-11(12)14/h1-6,16H,7H2. The van der Waals surface area contributed by atoms with E-state index in [0.717, 1.165) is 0 Å². The minimum atomic E-state index is -0.545. The van der Waals surface area contributed by atoms with Gasteiger partial charge in [0.2, 0.25) is 0 Å². The van der Waals surface area contributed by atoms with Crippen LogP contribution in [0.5, 0.6) is 11.5 Å². The lowest BCUT2D eigenvalue weighted by Gasteiger charge is -2.10. The summed E-state index contributed by atoms with van der Waals surface area (Å²) < 4.78 is 18.9. The maximum absolute atomic E-state index is 13.5. The quantitative estimate of drug-likeness (QED) is 0.914. The number of halogens is 2. The van der Waals surface area contributed by atoms with Crippen LogP contribution >= 0.6 is 11.6 Å². The number of rotatable bonds is 3. The number of nitrogens with zero attached hydrogens (tertiary/aromatic N) is 1. The van der Waals surface area contributed by atoms with Crippen LogP contribution in [0.15, 0.2) is 36.7 Å². The summed E-state index contributed by atoms with van der Waals surface area (Å²) in [6.07, 6.45) is 2.86. The van der Waals surface area contributed by atoms with E-state index in [9.17, 15) is 4.39 Å². The van der Waals surface area contributed by atoms with Crippen LogP contribution in [0.4, 0.5) is 4.39 Å². The second kappa shape index (κ2) is 5.12. The molecule has 0 saturated heterocycles. The number of hydrogen-bond acceptors (Lipinski definition) is 3. The molecule has 88 valence electrons. The molecule has 0 radical (unpaired) electrons. The average Bonchev–Trinajstić information content (AvgIpc) is 2.32. The summed E-state index contributed by atoms with van der Waals surface area (Å²) in [6.45, 7) is -0.304. The SMILES string of the molecule is OCc1cccc(F)c1Oc1cncc(Cl)c1. The van der Waals surface area contributed by atoms with Gasteiger partial charge in [-0.3, -0.25) is 4.98 Å². The third-order valence-electron chi connectivity index (χ3n) is 2.12. The highest BCUT2D eigenvalue weighted by atomic mass is 35.5. The fraction of sp³-hybridized carbons (Fsp3) is 0.0833. The smallest absolute Gasteiger partial charge is 0.168 e. The molecule has 0 saturated carbocycles. The largest absolute Gasteiger partial charge is 0.452 e. The Kier molecular flexibility index (Phi) is 3.56. The second-order valence-electron chi connectivity index (χ2n) is 3.33. The van der Waals surface area contributed by atoms with Gasteiger partial charge in [0.1, 0.15) is 5.75 Å². The topological polar surface area (TPSA) is 42.4 Å². The van der Waals surface area contributed by atoms with Crippen molar-refractivity contribution in [3.63, 3.8) is 0 Å². The van der Waals surface area contributed by atoms with Crippen LogP contribution < -0.4 is 4.74 Å². The predicted octanol–water partition coefficient (Wildman–Crippen LogP) is 3.16. The molecule has 0 aliphatic carbocycles. The summed E-state index contributed by atoms with van der Waals surface area (Å²) in [5.74, 6) is -0.243. The Morgan fingerprint density at radius 2 is 2.18 bits per heavy atom. The van der Waals surface area contributed by atoms with Crippen molar-refractivity contribution in [3.05, 3.63) is 53.1 Å². The molecule has 0 spiro atoms. The van der Waals surface area contributed by atoms with Gasteiger partial charge >= 0.3 is 0 Å². The monoisotopic (exact) mass is 253 g/mol. The highest BCUT2D eigenvalue weighted by molar-refractivity contribution is 6.30.